The molecule has 1 saturated carbocycles. The number of aliphatic carboxylic acids is 2. The molecule has 1 rings (SSSR count). The molecule has 1 aliphatic rings. The average Bonchev–Trinajstić information content (AvgIpc) is 2.27. The number of hydrogen-bond acceptors (Lipinski definition) is 4. The standard InChI is InChI=1S/C12H19NO6/c1-12(5-3-2-4-6-12)19-11(18)13-8(10(16)17)7-9(14)15/h8H,2-7H2,1H3,(H,13,18)(H,14,15)(H,16,17)/t8-/m0/s1. The number of alkyl carbamates (subject to hydrolysis) is 1. The SMILES string of the molecule is CC1(OC(=O)N[C@@H](CC(=O)O)C(=O)O)CCCCC1. The number of amides is 1. The summed E-state index contributed by atoms with van der Waals surface area (Å²) in [6, 6.07) is -1.47. The normalized spacial score (nSPS) is 19.2. The maximum absolute atomic E-state index is 11.6. The number of carboxylic acid groups (broad SMARTS) is 2. The van der Waals surface area contributed by atoms with Gasteiger partial charge in [0.2, 0.25) is 0 Å². The van der Waals surface area contributed by atoms with Gasteiger partial charge in [-0.15, -0.1) is 0 Å². The third-order valence-electron chi connectivity index (χ3n) is 3.22. The lowest BCUT2D eigenvalue weighted by molar-refractivity contribution is -0.145. The fourth-order valence-electron chi connectivity index (χ4n) is 2.17. The highest BCUT2D eigenvalue weighted by atomic mass is 16.6. The van der Waals surface area contributed by atoms with E-state index in [-0.39, 0.29) is 0 Å². The molecule has 0 aromatic heterocycles. The molecule has 0 radical (unpaired) electrons. The van der Waals surface area contributed by atoms with Crippen molar-refractivity contribution in [2.45, 2.75) is 57.1 Å². The van der Waals surface area contributed by atoms with Gasteiger partial charge in [-0.25, -0.2) is 9.59 Å². The molecule has 0 spiro atoms. The molecule has 0 aromatic carbocycles. The van der Waals surface area contributed by atoms with E-state index in [1.165, 1.54) is 0 Å². The van der Waals surface area contributed by atoms with Gasteiger partial charge < -0.3 is 20.3 Å². The minimum absolute atomic E-state index is 0.589. The lowest BCUT2D eigenvalue weighted by atomic mass is 9.86. The van der Waals surface area contributed by atoms with Gasteiger partial charge in [0.05, 0.1) is 6.42 Å². The van der Waals surface area contributed by atoms with Crippen molar-refractivity contribution in [3.8, 4) is 0 Å². The molecule has 7 heteroatoms. The second-order valence-electron chi connectivity index (χ2n) is 5.03. The van der Waals surface area contributed by atoms with Gasteiger partial charge in [0.15, 0.2) is 0 Å². The predicted molar refractivity (Wildman–Crippen MR) is 64.8 cm³/mol. The van der Waals surface area contributed by atoms with E-state index < -0.39 is 36.1 Å². The Bertz CT molecular complexity index is 361. The molecule has 1 atom stereocenters. The number of hydrogen-bond donors (Lipinski definition) is 3. The van der Waals surface area contributed by atoms with Crippen LogP contribution in [0.3, 0.4) is 0 Å². The molecular formula is C12H19NO6. The van der Waals surface area contributed by atoms with Crippen LogP contribution in [0.4, 0.5) is 4.79 Å². The van der Waals surface area contributed by atoms with Crippen molar-refractivity contribution in [1.29, 1.82) is 0 Å². The predicted octanol–water partition coefficient (Wildman–Crippen LogP) is 1.36. The van der Waals surface area contributed by atoms with E-state index in [9.17, 15) is 14.4 Å². The largest absolute Gasteiger partial charge is 0.481 e. The molecule has 7 nitrogen and oxygen atoms in total. The topological polar surface area (TPSA) is 113 Å². The smallest absolute Gasteiger partial charge is 0.408 e. The molecule has 1 aliphatic carbocycles. The second kappa shape index (κ2) is 6.40. The zero-order chi connectivity index (χ0) is 14.5. The van der Waals surface area contributed by atoms with Gasteiger partial charge in [0.1, 0.15) is 11.6 Å². The van der Waals surface area contributed by atoms with Crippen LogP contribution >= 0.6 is 0 Å². The van der Waals surface area contributed by atoms with Gasteiger partial charge >= 0.3 is 18.0 Å². The van der Waals surface area contributed by atoms with Crippen molar-refractivity contribution < 1.29 is 29.3 Å². The van der Waals surface area contributed by atoms with E-state index in [2.05, 4.69) is 5.32 Å². The van der Waals surface area contributed by atoms with Gasteiger partial charge in [0.25, 0.3) is 0 Å². The number of carbonyl (C=O) groups is 3. The van der Waals surface area contributed by atoms with Gasteiger partial charge in [-0.1, -0.05) is 6.42 Å². The Morgan fingerprint density at radius 3 is 2.26 bits per heavy atom. The first-order valence-electron chi connectivity index (χ1n) is 6.26. The van der Waals surface area contributed by atoms with Gasteiger partial charge in [-0.2, -0.15) is 0 Å². The van der Waals surface area contributed by atoms with Crippen LogP contribution < -0.4 is 5.32 Å². The van der Waals surface area contributed by atoms with Crippen LogP contribution in [0, 0.1) is 0 Å². The van der Waals surface area contributed by atoms with Crippen LogP contribution in [0.1, 0.15) is 45.4 Å². The third kappa shape index (κ3) is 5.15. The van der Waals surface area contributed by atoms with Crippen molar-refractivity contribution >= 4 is 18.0 Å². The molecule has 0 unspecified atom stereocenters. The maximum Gasteiger partial charge on any atom is 0.408 e. The van der Waals surface area contributed by atoms with E-state index in [0.717, 1.165) is 32.1 Å². The second-order valence-corrected chi connectivity index (χ2v) is 5.03. The van der Waals surface area contributed by atoms with E-state index in [1.54, 1.807) is 6.92 Å². The van der Waals surface area contributed by atoms with Crippen LogP contribution in [0.5, 0.6) is 0 Å². The summed E-state index contributed by atoms with van der Waals surface area (Å²) in [5.41, 5.74) is -0.589. The number of ether oxygens (including phenoxy) is 1. The summed E-state index contributed by atoms with van der Waals surface area (Å²) >= 11 is 0. The summed E-state index contributed by atoms with van der Waals surface area (Å²) in [7, 11) is 0. The summed E-state index contributed by atoms with van der Waals surface area (Å²) in [4.78, 5) is 32.9. The third-order valence-corrected chi connectivity index (χ3v) is 3.22. The van der Waals surface area contributed by atoms with Crippen LogP contribution in [0.2, 0.25) is 0 Å². The molecule has 1 fully saturated rings. The maximum atomic E-state index is 11.6. The fourth-order valence-corrected chi connectivity index (χ4v) is 2.17. The lowest BCUT2D eigenvalue weighted by Gasteiger charge is -2.33. The van der Waals surface area contributed by atoms with Gasteiger partial charge in [-0.05, 0) is 32.6 Å². The molecule has 0 aromatic rings. The molecular weight excluding hydrogens is 254 g/mol. The summed E-state index contributed by atoms with van der Waals surface area (Å²) in [5, 5.41) is 19.4. The Labute approximate surface area is 110 Å². The average molecular weight is 273 g/mol. The van der Waals surface area contributed by atoms with Crippen molar-refractivity contribution in [1.82, 2.24) is 5.32 Å². The molecule has 0 saturated heterocycles. The fraction of sp³-hybridized carbons (Fsp3) is 0.750. The number of carboxylic acids is 2. The molecule has 1 amide bonds. The van der Waals surface area contributed by atoms with Gasteiger partial charge in [-0.3, -0.25) is 4.79 Å². The monoisotopic (exact) mass is 273 g/mol. The minimum atomic E-state index is -1.47. The molecule has 0 heterocycles. The Morgan fingerprint density at radius 2 is 1.79 bits per heavy atom. The number of rotatable bonds is 5. The Hall–Kier alpha value is -1.79. The van der Waals surface area contributed by atoms with E-state index in [4.69, 9.17) is 14.9 Å². The molecule has 19 heavy (non-hydrogen) atoms. The first kappa shape index (κ1) is 15.3. The first-order chi connectivity index (χ1) is 8.82. The summed E-state index contributed by atoms with van der Waals surface area (Å²) in [6.45, 7) is 1.80. The Morgan fingerprint density at radius 1 is 1.21 bits per heavy atom. The molecule has 108 valence electrons. The number of carbonyl (C=O) groups excluding carboxylic acids is 1. The Balaban J connectivity index is 2.52. The molecule has 0 aliphatic heterocycles. The Kier molecular flexibility index (Phi) is 5.14. The van der Waals surface area contributed by atoms with Crippen LogP contribution in [-0.4, -0.2) is 39.9 Å². The quantitative estimate of drug-likeness (QED) is 0.697. The van der Waals surface area contributed by atoms with Crippen molar-refractivity contribution in [2.75, 3.05) is 0 Å². The zero-order valence-electron chi connectivity index (χ0n) is 10.8. The number of nitrogens with one attached hydrogen (secondary N) is 1. The van der Waals surface area contributed by atoms with Gasteiger partial charge in [0, 0.05) is 0 Å². The summed E-state index contributed by atoms with van der Waals surface area (Å²) in [5.74, 6) is -2.69. The molecule has 0 bridgehead atoms. The summed E-state index contributed by atoms with van der Waals surface area (Å²) in [6.07, 6.45) is 2.92. The highest BCUT2D eigenvalue weighted by molar-refractivity contribution is 5.84. The van der Waals surface area contributed by atoms with Crippen LogP contribution in [0.25, 0.3) is 0 Å². The highest BCUT2D eigenvalue weighted by Gasteiger charge is 2.32. The zero-order valence-corrected chi connectivity index (χ0v) is 10.8. The minimum Gasteiger partial charge on any atom is -0.481 e. The lowest BCUT2D eigenvalue weighted by Crippen LogP contribution is -2.46. The van der Waals surface area contributed by atoms with E-state index in [0.29, 0.717) is 0 Å². The van der Waals surface area contributed by atoms with E-state index in [1.807, 2.05) is 0 Å². The van der Waals surface area contributed by atoms with Crippen LogP contribution in [0.15, 0.2) is 0 Å². The summed E-state index contributed by atoms with van der Waals surface area (Å²) < 4.78 is 5.23. The van der Waals surface area contributed by atoms with E-state index >= 15 is 0 Å². The van der Waals surface area contributed by atoms with Crippen molar-refractivity contribution in [2.24, 2.45) is 0 Å². The highest BCUT2D eigenvalue weighted by Crippen LogP contribution is 2.31. The van der Waals surface area contributed by atoms with Crippen molar-refractivity contribution in [3.05, 3.63) is 0 Å². The molecule has 3 N–H and O–H groups in total. The first-order valence-corrected chi connectivity index (χ1v) is 6.26. The van der Waals surface area contributed by atoms with Crippen molar-refractivity contribution in [3.63, 3.8) is 0 Å². The van der Waals surface area contributed by atoms with Crippen LogP contribution in [-0.2, 0) is 14.3 Å².